The van der Waals surface area contributed by atoms with Gasteiger partial charge in [0, 0.05) is 24.0 Å². The number of ether oxygens (including phenoxy) is 1. The maximum Gasteiger partial charge on any atom is 0.413 e. The molecule has 0 saturated carbocycles. The molecule has 0 fully saturated rings. The number of methoxy groups -OCH3 is 1. The fraction of sp³-hybridized carbons (Fsp3) is 0.222. The molecule has 0 spiro atoms. The first-order valence-corrected chi connectivity index (χ1v) is 7.37. The molecule has 0 saturated heterocycles. The Morgan fingerprint density at radius 2 is 1.65 bits per heavy atom. The van der Waals surface area contributed by atoms with Gasteiger partial charge in [-0.15, -0.1) is 0 Å². The molecule has 2 rings (SSSR count). The van der Waals surface area contributed by atoms with Crippen LogP contribution in [0.1, 0.15) is 22.8 Å². The van der Waals surface area contributed by atoms with Crippen LogP contribution in [-0.4, -0.2) is 26.2 Å². The van der Waals surface area contributed by atoms with Crippen LogP contribution in [0, 0.1) is 0 Å². The van der Waals surface area contributed by atoms with Gasteiger partial charge in [0.1, 0.15) is 0 Å². The smallest absolute Gasteiger partial charge is 0.413 e. The van der Waals surface area contributed by atoms with Gasteiger partial charge in [0.15, 0.2) is 0 Å². The van der Waals surface area contributed by atoms with Crippen molar-refractivity contribution < 1.29 is 14.3 Å². The second-order valence-electron chi connectivity index (χ2n) is 5.08. The van der Waals surface area contributed by atoms with Crippen molar-refractivity contribution in [2.75, 3.05) is 24.4 Å². The summed E-state index contributed by atoms with van der Waals surface area (Å²) in [7, 11) is 2.95. The molecule has 2 aromatic carbocycles. The summed E-state index contributed by atoms with van der Waals surface area (Å²) in [6.45, 7) is 2.07. The third-order valence-electron chi connectivity index (χ3n) is 3.59. The number of aryl methyl sites for hydroxylation is 1. The van der Waals surface area contributed by atoms with Gasteiger partial charge in [0.2, 0.25) is 0 Å². The number of nitrogens with one attached hydrogen (secondary N) is 1. The number of carbonyl (C=O) groups is 2. The van der Waals surface area contributed by atoms with E-state index in [1.807, 2.05) is 24.3 Å². The minimum atomic E-state index is -0.446. The zero-order valence-electron chi connectivity index (χ0n) is 13.5. The summed E-state index contributed by atoms with van der Waals surface area (Å²) in [5.74, 6) is -0.165. The number of nitrogens with zero attached hydrogens (tertiary/aromatic N) is 1. The van der Waals surface area contributed by atoms with E-state index in [1.54, 1.807) is 31.3 Å². The van der Waals surface area contributed by atoms with Crippen molar-refractivity contribution in [1.29, 1.82) is 0 Å². The molecule has 5 nitrogen and oxygen atoms in total. The first-order valence-electron chi connectivity index (χ1n) is 7.37. The summed E-state index contributed by atoms with van der Waals surface area (Å²) < 4.78 is 4.66. The van der Waals surface area contributed by atoms with Gasteiger partial charge in [-0.25, -0.2) is 4.79 Å². The van der Waals surface area contributed by atoms with E-state index in [2.05, 4.69) is 17.0 Å². The molecular formula is C18H20N2O3. The van der Waals surface area contributed by atoms with E-state index in [0.717, 1.165) is 6.42 Å². The van der Waals surface area contributed by atoms with E-state index < -0.39 is 6.09 Å². The predicted octanol–water partition coefficient (Wildman–Crippen LogP) is 3.70. The fourth-order valence-corrected chi connectivity index (χ4v) is 2.11. The number of carbonyl (C=O) groups excluding carboxylic acids is 2. The number of hydrogen-bond donors (Lipinski definition) is 1. The Balaban J connectivity index is 2.05. The maximum absolute atomic E-state index is 12.2. The highest BCUT2D eigenvalue weighted by molar-refractivity contribution is 6.04. The van der Waals surface area contributed by atoms with Gasteiger partial charge in [-0.1, -0.05) is 19.1 Å². The van der Waals surface area contributed by atoms with E-state index in [9.17, 15) is 9.59 Å². The summed E-state index contributed by atoms with van der Waals surface area (Å²) in [6, 6.07) is 14.5. The molecule has 23 heavy (non-hydrogen) atoms. The molecule has 2 aromatic rings. The summed E-state index contributed by atoms with van der Waals surface area (Å²) in [6.07, 6.45) is 0.495. The Morgan fingerprint density at radius 1 is 1.04 bits per heavy atom. The highest BCUT2D eigenvalue weighted by Crippen LogP contribution is 2.18. The van der Waals surface area contributed by atoms with E-state index in [1.165, 1.54) is 17.6 Å². The normalized spacial score (nSPS) is 10.0. The van der Waals surface area contributed by atoms with Crippen molar-refractivity contribution >= 4 is 23.4 Å². The Kier molecular flexibility index (Phi) is 5.36. The van der Waals surface area contributed by atoms with E-state index in [-0.39, 0.29) is 5.91 Å². The zero-order valence-corrected chi connectivity index (χ0v) is 13.5. The quantitative estimate of drug-likeness (QED) is 0.936. The lowest BCUT2D eigenvalue weighted by molar-refractivity contribution is 0.102. The van der Waals surface area contributed by atoms with Crippen molar-refractivity contribution in [3.63, 3.8) is 0 Å². The van der Waals surface area contributed by atoms with E-state index >= 15 is 0 Å². The van der Waals surface area contributed by atoms with Crippen LogP contribution in [0.4, 0.5) is 16.2 Å². The first-order chi connectivity index (χ1) is 11.0. The molecule has 0 aliphatic heterocycles. The highest BCUT2D eigenvalue weighted by Gasteiger charge is 2.11. The van der Waals surface area contributed by atoms with Crippen molar-refractivity contribution in [3.05, 3.63) is 59.7 Å². The number of anilines is 2. The Hall–Kier alpha value is -2.82. The molecule has 2 amide bonds. The first kappa shape index (κ1) is 16.5. The van der Waals surface area contributed by atoms with Crippen LogP contribution in [0.2, 0.25) is 0 Å². The third kappa shape index (κ3) is 4.10. The fourth-order valence-electron chi connectivity index (χ4n) is 2.11. The van der Waals surface area contributed by atoms with Crippen LogP contribution in [0.3, 0.4) is 0 Å². The summed E-state index contributed by atoms with van der Waals surface area (Å²) >= 11 is 0. The predicted molar refractivity (Wildman–Crippen MR) is 91.0 cm³/mol. The van der Waals surface area contributed by atoms with Gasteiger partial charge in [0.25, 0.3) is 5.91 Å². The maximum atomic E-state index is 12.2. The minimum Gasteiger partial charge on any atom is -0.452 e. The van der Waals surface area contributed by atoms with Gasteiger partial charge in [-0.2, -0.15) is 0 Å². The van der Waals surface area contributed by atoms with Gasteiger partial charge in [0.05, 0.1) is 7.11 Å². The molecule has 5 heteroatoms. The summed E-state index contributed by atoms with van der Waals surface area (Å²) in [4.78, 5) is 25.0. The van der Waals surface area contributed by atoms with E-state index in [4.69, 9.17) is 0 Å². The highest BCUT2D eigenvalue weighted by atomic mass is 16.5. The average molecular weight is 312 g/mol. The van der Waals surface area contributed by atoms with Crippen LogP contribution in [0.25, 0.3) is 0 Å². The zero-order chi connectivity index (χ0) is 16.8. The molecule has 120 valence electrons. The molecule has 0 bridgehead atoms. The number of benzene rings is 2. The SMILES string of the molecule is CCc1ccc(C(=O)Nc2ccc(N(C)C(=O)OC)cc2)cc1. The second-order valence-corrected chi connectivity index (χ2v) is 5.08. The number of rotatable bonds is 4. The molecule has 0 atom stereocenters. The molecule has 1 N–H and O–H groups in total. The van der Waals surface area contributed by atoms with Gasteiger partial charge in [-0.3, -0.25) is 9.69 Å². The van der Waals surface area contributed by atoms with Crippen molar-refractivity contribution in [2.45, 2.75) is 13.3 Å². The Bertz CT molecular complexity index is 678. The molecule has 0 aliphatic rings. The Labute approximate surface area is 135 Å². The largest absolute Gasteiger partial charge is 0.452 e. The van der Waals surface area contributed by atoms with Crippen molar-refractivity contribution in [1.82, 2.24) is 0 Å². The third-order valence-corrected chi connectivity index (χ3v) is 3.59. The lowest BCUT2D eigenvalue weighted by atomic mass is 10.1. The molecule has 0 unspecified atom stereocenters. The van der Waals surface area contributed by atoms with Crippen LogP contribution < -0.4 is 10.2 Å². The topological polar surface area (TPSA) is 58.6 Å². The molecule has 0 aliphatic carbocycles. The molecule has 0 aromatic heterocycles. The molecular weight excluding hydrogens is 292 g/mol. The minimum absolute atomic E-state index is 0.165. The lowest BCUT2D eigenvalue weighted by Gasteiger charge is -2.16. The Morgan fingerprint density at radius 3 is 2.17 bits per heavy atom. The number of hydrogen-bond acceptors (Lipinski definition) is 3. The standard InChI is InChI=1S/C18H20N2O3/c1-4-13-5-7-14(8-6-13)17(21)19-15-9-11-16(12-10-15)20(2)18(22)23-3/h5-12H,4H2,1-3H3,(H,19,21). The van der Waals surface area contributed by atoms with Gasteiger partial charge >= 0.3 is 6.09 Å². The monoisotopic (exact) mass is 312 g/mol. The van der Waals surface area contributed by atoms with Crippen molar-refractivity contribution in [2.24, 2.45) is 0 Å². The van der Waals surface area contributed by atoms with Crippen LogP contribution >= 0.6 is 0 Å². The molecule has 0 heterocycles. The van der Waals surface area contributed by atoms with E-state index in [0.29, 0.717) is 16.9 Å². The van der Waals surface area contributed by atoms with Crippen LogP contribution in [-0.2, 0) is 11.2 Å². The van der Waals surface area contributed by atoms with Gasteiger partial charge in [-0.05, 0) is 48.4 Å². The number of amides is 2. The summed E-state index contributed by atoms with van der Waals surface area (Å²) in [5, 5.41) is 2.83. The van der Waals surface area contributed by atoms with Crippen LogP contribution in [0.5, 0.6) is 0 Å². The molecule has 0 radical (unpaired) electrons. The lowest BCUT2D eigenvalue weighted by Crippen LogP contribution is -2.25. The van der Waals surface area contributed by atoms with Crippen LogP contribution in [0.15, 0.2) is 48.5 Å². The average Bonchev–Trinajstić information content (AvgIpc) is 2.61. The van der Waals surface area contributed by atoms with Crippen molar-refractivity contribution in [3.8, 4) is 0 Å². The van der Waals surface area contributed by atoms with Gasteiger partial charge < -0.3 is 10.1 Å². The second kappa shape index (κ2) is 7.45. The summed E-state index contributed by atoms with van der Waals surface area (Å²) in [5.41, 5.74) is 3.15.